The van der Waals surface area contributed by atoms with Gasteiger partial charge in [-0.2, -0.15) is 0 Å². The molecule has 0 aliphatic carbocycles. The first-order valence-corrected chi connectivity index (χ1v) is 13.4. The van der Waals surface area contributed by atoms with Crippen molar-refractivity contribution in [1.29, 1.82) is 0 Å². The third-order valence-corrected chi connectivity index (χ3v) is 6.90. The number of carbonyl (C=O) groups excluding carboxylic acids is 2. The van der Waals surface area contributed by atoms with E-state index in [9.17, 15) is 50.4 Å². The Balaban J connectivity index is 1.40. The highest BCUT2D eigenvalue weighted by atomic mass is 16.6. The van der Waals surface area contributed by atoms with Crippen molar-refractivity contribution in [3.63, 3.8) is 0 Å². The average molecular weight is 553 g/mol. The fraction of sp³-hybridized carbons (Fsp3) is 0.917. The summed E-state index contributed by atoms with van der Waals surface area (Å²) in [6, 6.07) is 0. The Morgan fingerprint density at radius 2 is 0.737 bits per heavy atom. The molecule has 14 heteroatoms. The van der Waals surface area contributed by atoms with Gasteiger partial charge in [-0.1, -0.05) is 51.4 Å². The number of nitrogens with one attached hydrogen (secondary N) is 2. The normalized spacial score (nSPS) is 35.6. The molecule has 0 saturated carbocycles. The number of carbonyl (C=O) groups is 2. The van der Waals surface area contributed by atoms with Crippen LogP contribution in [0, 0.1) is 0 Å². The predicted molar refractivity (Wildman–Crippen MR) is 130 cm³/mol. The second kappa shape index (κ2) is 16.6. The summed E-state index contributed by atoms with van der Waals surface area (Å²) in [6.45, 7) is 0.733. The van der Waals surface area contributed by atoms with Gasteiger partial charge >= 0.3 is 0 Å². The molecular weight excluding hydrogens is 508 g/mol. The Morgan fingerprint density at radius 1 is 0.447 bits per heavy atom. The van der Waals surface area contributed by atoms with Gasteiger partial charge in [-0.05, 0) is 12.8 Å². The van der Waals surface area contributed by atoms with E-state index in [1.165, 1.54) is 0 Å². The average Bonchev–Trinajstić information content (AvgIpc) is 2.90. The molecule has 2 heterocycles. The van der Waals surface area contributed by atoms with Gasteiger partial charge < -0.3 is 61.0 Å². The predicted octanol–water partition coefficient (Wildman–Crippen LogP) is -3.28. The number of unbranched alkanes of at least 4 members (excludes halogenated alkanes) is 9. The number of aliphatic hydroxyl groups excluding tert-OH is 8. The van der Waals surface area contributed by atoms with Gasteiger partial charge in [-0.25, -0.2) is 0 Å². The minimum atomic E-state index is -1.75. The van der Waals surface area contributed by atoms with Crippen LogP contribution in [0.4, 0.5) is 0 Å². The highest BCUT2D eigenvalue weighted by Gasteiger charge is 2.47. The van der Waals surface area contributed by atoms with Crippen LogP contribution in [0.1, 0.15) is 64.2 Å². The zero-order chi connectivity index (χ0) is 28.2. The van der Waals surface area contributed by atoms with Gasteiger partial charge in [-0.3, -0.25) is 9.59 Å². The topological polar surface area (TPSA) is 238 Å². The third-order valence-electron chi connectivity index (χ3n) is 6.90. The lowest BCUT2D eigenvalue weighted by molar-refractivity contribution is -0.275. The Morgan fingerprint density at radius 3 is 1.05 bits per heavy atom. The number of ether oxygens (including phenoxy) is 2. The molecule has 0 aromatic carbocycles. The lowest BCUT2D eigenvalue weighted by Gasteiger charge is -2.37. The van der Waals surface area contributed by atoms with E-state index < -0.39 is 73.2 Å². The lowest BCUT2D eigenvalue weighted by Crippen LogP contribution is -2.61. The van der Waals surface area contributed by atoms with E-state index in [0.29, 0.717) is 13.1 Å². The molecule has 38 heavy (non-hydrogen) atoms. The fourth-order valence-corrected chi connectivity index (χ4v) is 4.44. The number of hydrogen-bond donors (Lipinski definition) is 10. The molecule has 10 atom stereocenters. The van der Waals surface area contributed by atoms with Gasteiger partial charge in [0.05, 0.1) is 0 Å². The monoisotopic (exact) mass is 552 g/mol. The van der Waals surface area contributed by atoms with Gasteiger partial charge in [0.1, 0.15) is 36.6 Å². The molecule has 10 N–H and O–H groups in total. The molecule has 2 amide bonds. The smallest absolute Gasteiger partial charge is 0.252 e. The molecule has 0 aromatic heterocycles. The summed E-state index contributed by atoms with van der Waals surface area (Å²) in [4.78, 5) is 24.2. The molecule has 0 radical (unpaired) electrons. The minimum absolute atomic E-state index is 0.367. The highest BCUT2D eigenvalue weighted by Crippen LogP contribution is 2.21. The molecule has 14 nitrogen and oxygen atoms in total. The van der Waals surface area contributed by atoms with Gasteiger partial charge in [0, 0.05) is 13.1 Å². The largest absolute Gasteiger partial charge is 0.387 e. The number of rotatable bonds is 15. The molecular formula is C24H44N2O12. The number of aliphatic hydroxyl groups is 8. The van der Waals surface area contributed by atoms with Crippen molar-refractivity contribution >= 4 is 11.8 Å². The number of hydrogen-bond acceptors (Lipinski definition) is 12. The fourth-order valence-electron chi connectivity index (χ4n) is 4.44. The molecule has 0 bridgehead atoms. The van der Waals surface area contributed by atoms with Gasteiger partial charge in [0.15, 0.2) is 24.8 Å². The maximum Gasteiger partial charge on any atom is 0.252 e. The maximum absolute atomic E-state index is 12.1. The van der Waals surface area contributed by atoms with E-state index >= 15 is 0 Å². The van der Waals surface area contributed by atoms with E-state index in [4.69, 9.17) is 9.47 Å². The zero-order valence-corrected chi connectivity index (χ0v) is 21.5. The maximum atomic E-state index is 12.1. The SMILES string of the molecule is O=C(NCCCCCCCCCCCCNC(=O)[C@H]1O[C@@H](O)[C@H](O)[C@@H](O)[C@H]1O)[C@H]1O[C@@H](O)[C@H](O)[C@@H](O)[C@H]1O. The van der Waals surface area contributed by atoms with Crippen LogP contribution in [0.2, 0.25) is 0 Å². The Kier molecular flexibility index (Phi) is 14.3. The van der Waals surface area contributed by atoms with Crippen molar-refractivity contribution in [3.8, 4) is 0 Å². The molecule has 2 saturated heterocycles. The van der Waals surface area contributed by atoms with Crippen LogP contribution < -0.4 is 10.6 Å². The molecule has 2 aliphatic rings. The van der Waals surface area contributed by atoms with Crippen LogP contribution in [-0.2, 0) is 19.1 Å². The van der Waals surface area contributed by atoms with Crippen LogP contribution in [0.5, 0.6) is 0 Å². The van der Waals surface area contributed by atoms with Crippen molar-refractivity contribution in [2.45, 2.75) is 126 Å². The summed E-state index contributed by atoms with van der Waals surface area (Å²) in [7, 11) is 0. The van der Waals surface area contributed by atoms with E-state index in [1.807, 2.05) is 0 Å². The van der Waals surface area contributed by atoms with Gasteiger partial charge in [-0.15, -0.1) is 0 Å². The zero-order valence-electron chi connectivity index (χ0n) is 21.5. The second-order valence-electron chi connectivity index (χ2n) is 9.96. The summed E-state index contributed by atoms with van der Waals surface area (Å²) in [6.07, 6.45) is -6.78. The highest BCUT2D eigenvalue weighted by molar-refractivity contribution is 5.82. The summed E-state index contributed by atoms with van der Waals surface area (Å²) >= 11 is 0. The van der Waals surface area contributed by atoms with Crippen LogP contribution in [0.25, 0.3) is 0 Å². The van der Waals surface area contributed by atoms with Gasteiger partial charge in [0.2, 0.25) is 0 Å². The number of amides is 2. The molecule has 0 aromatic rings. The summed E-state index contributed by atoms with van der Waals surface area (Å²) in [5.74, 6) is -1.31. The molecule has 222 valence electrons. The van der Waals surface area contributed by atoms with Crippen molar-refractivity contribution in [2.24, 2.45) is 0 Å². The van der Waals surface area contributed by atoms with Crippen LogP contribution in [0.3, 0.4) is 0 Å². The van der Waals surface area contributed by atoms with E-state index in [-0.39, 0.29) is 0 Å². The summed E-state index contributed by atoms with van der Waals surface area (Å²) < 4.78 is 9.77. The first kappa shape index (κ1) is 32.8. The van der Waals surface area contributed by atoms with Gasteiger partial charge in [0.25, 0.3) is 11.8 Å². The van der Waals surface area contributed by atoms with E-state index in [1.54, 1.807) is 0 Å². The molecule has 2 fully saturated rings. The van der Waals surface area contributed by atoms with Crippen molar-refractivity contribution in [2.75, 3.05) is 13.1 Å². The molecule has 0 spiro atoms. The molecule has 2 aliphatic heterocycles. The molecule has 0 unspecified atom stereocenters. The van der Waals surface area contributed by atoms with Crippen molar-refractivity contribution < 1.29 is 59.9 Å². The van der Waals surface area contributed by atoms with Crippen molar-refractivity contribution in [3.05, 3.63) is 0 Å². The second-order valence-corrected chi connectivity index (χ2v) is 9.96. The Labute approximate surface area is 221 Å². The van der Waals surface area contributed by atoms with Crippen molar-refractivity contribution in [1.82, 2.24) is 10.6 Å². The summed E-state index contributed by atoms with van der Waals surface area (Å²) in [5, 5.41) is 82.1. The minimum Gasteiger partial charge on any atom is -0.387 e. The Hall–Kier alpha value is -1.46. The lowest BCUT2D eigenvalue weighted by atomic mass is 9.98. The first-order chi connectivity index (χ1) is 18.1. The standard InChI is InChI=1S/C24H44N2O12/c27-13-15(29)19(37-23(35)17(13)31)21(33)25-11-9-7-5-3-1-2-4-6-8-10-12-26-22(34)20-16(30)14(28)18(32)24(36)38-20/h13-20,23-24,27-32,35-36H,1-12H2,(H,25,33)(H,26,34)/t13-,14-,15+,16+,17+,18+,19-,20-,23+,24+/m0/s1. The quantitative estimate of drug-likeness (QED) is 0.0900. The van der Waals surface area contributed by atoms with E-state index in [2.05, 4.69) is 10.6 Å². The molecule has 2 rings (SSSR count). The van der Waals surface area contributed by atoms with Crippen LogP contribution in [0.15, 0.2) is 0 Å². The summed E-state index contributed by atoms with van der Waals surface area (Å²) in [5.41, 5.74) is 0. The van der Waals surface area contributed by atoms with Crippen LogP contribution >= 0.6 is 0 Å². The Bertz CT molecular complexity index is 658. The van der Waals surface area contributed by atoms with E-state index in [0.717, 1.165) is 64.2 Å². The van der Waals surface area contributed by atoms with Crippen LogP contribution in [-0.4, -0.2) is 127 Å². The first-order valence-electron chi connectivity index (χ1n) is 13.4. The third kappa shape index (κ3) is 9.62.